The van der Waals surface area contributed by atoms with Crippen molar-refractivity contribution in [2.75, 3.05) is 0 Å². The summed E-state index contributed by atoms with van der Waals surface area (Å²) in [6.45, 7) is 1.79. The van der Waals surface area contributed by atoms with E-state index in [1.54, 1.807) is 6.92 Å². The van der Waals surface area contributed by atoms with Crippen LogP contribution in [0.3, 0.4) is 0 Å². The van der Waals surface area contributed by atoms with Crippen LogP contribution in [0.2, 0.25) is 0 Å². The fourth-order valence-electron chi connectivity index (χ4n) is 1.17. The third-order valence-corrected chi connectivity index (χ3v) is 1.91. The summed E-state index contributed by atoms with van der Waals surface area (Å²) in [5.41, 5.74) is 1.73. The normalized spacial score (nSPS) is 10.4. The van der Waals surface area contributed by atoms with E-state index in [2.05, 4.69) is 10.2 Å². The molecule has 0 aliphatic rings. The van der Waals surface area contributed by atoms with E-state index in [9.17, 15) is 0 Å². The van der Waals surface area contributed by atoms with Crippen molar-refractivity contribution in [3.63, 3.8) is 0 Å². The van der Waals surface area contributed by atoms with Crippen LogP contribution < -0.4 is 0 Å². The Balaban J connectivity index is 2.33. The summed E-state index contributed by atoms with van der Waals surface area (Å²) in [5, 5.41) is 16.5. The van der Waals surface area contributed by atoms with E-state index >= 15 is 0 Å². The van der Waals surface area contributed by atoms with E-state index in [-0.39, 0.29) is 6.61 Å². The molecule has 0 unspecified atom stereocenters. The maximum atomic E-state index is 8.85. The molecule has 0 aliphatic heterocycles. The van der Waals surface area contributed by atoms with Gasteiger partial charge in [0, 0.05) is 12.5 Å². The number of hydrogen-bond donors (Lipinski definition) is 1. The second-order valence-corrected chi connectivity index (χ2v) is 2.98. The SMILES string of the molecule is Cc1nnc(-c2ccc(CO)cc2)o1. The molecule has 4 heteroatoms. The molecule has 0 bridgehead atoms. The average Bonchev–Trinajstić information content (AvgIpc) is 2.65. The molecule has 72 valence electrons. The minimum Gasteiger partial charge on any atom is -0.421 e. The molecule has 2 aromatic rings. The largest absolute Gasteiger partial charge is 0.421 e. The Morgan fingerprint density at radius 2 is 1.93 bits per heavy atom. The monoisotopic (exact) mass is 190 g/mol. The summed E-state index contributed by atoms with van der Waals surface area (Å²) in [5.74, 6) is 1.05. The third kappa shape index (κ3) is 1.65. The van der Waals surface area contributed by atoms with Crippen molar-refractivity contribution in [3.8, 4) is 11.5 Å². The zero-order valence-electron chi connectivity index (χ0n) is 7.77. The van der Waals surface area contributed by atoms with Gasteiger partial charge in [-0.25, -0.2) is 0 Å². The smallest absolute Gasteiger partial charge is 0.247 e. The molecule has 1 aromatic heterocycles. The van der Waals surface area contributed by atoms with E-state index in [0.717, 1.165) is 11.1 Å². The van der Waals surface area contributed by atoms with Crippen LogP contribution in [0.5, 0.6) is 0 Å². The molecule has 1 heterocycles. The lowest BCUT2D eigenvalue weighted by Gasteiger charge is -1.96. The molecule has 1 aromatic carbocycles. The van der Waals surface area contributed by atoms with Gasteiger partial charge in [-0.1, -0.05) is 12.1 Å². The van der Waals surface area contributed by atoms with E-state index in [4.69, 9.17) is 9.52 Å². The van der Waals surface area contributed by atoms with Gasteiger partial charge in [0.25, 0.3) is 0 Å². The average molecular weight is 190 g/mol. The minimum absolute atomic E-state index is 0.0448. The summed E-state index contributed by atoms with van der Waals surface area (Å²) in [6, 6.07) is 7.35. The molecule has 0 saturated heterocycles. The first-order valence-electron chi connectivity index (χ1n) is 4.30. The zero-order chi connectivity index (χ0) is 9.97. The quantitative estimate of drug-likeness (QED) is 0.780. The number of benzene rings is 1. The van der Waals surface area contributed by atoms with Crippen LogP contribution in [-0.2, 0) is 6.61 Å². The van der Waals surface area contributed by atoms with Crippen LogP contribution >= 0.6 is 0 Å². The minimum atomic E-state index is 0.0448. The van der Waals surface area contributed by atoms with E-state index in [1.165, 1.54) is 0 Å². The molecule has 0 spiro atoms. The van der Waals surface area contributed by atoms with Gasteiger partial charge >= 0.3 is 0 Å². The first-order valence-corrected chi connectivity index (χ1v) is 4.30. The van der Waals surface area contributed by atoms with Crippen molar-refractivity contribution < 1.29 is 9.52 Å². The van der Waals surface area contributed by atoms with Crippen molar-refractivity contribution in [3.05, 3.63) is 35.7 Å². The number of nitrogens with zero attached hydrogens (tertiary/aromatic N) is 2. The standard InChI is InChI=1S/C10H10N2O2/c1-7-11-12-10(14-7)9-4-2-8(6-13)3-5-9/h2-5,13H,6H2,1H3. The Morgan fingerprint density at radius 1 is 1.21 bits per heavy atom. The van der Waals surface area contributed by atoms with Gasteiger partial charge in [0.1, 0.15) is 0 Å². The van der Waals surface area contributed by atoms with E-state index in [1.807, 2.05) is 24.3 Å². The summed E-state index contributed by atoms with van der Waals surface area (Å²) in [6.07, 6.45) is 0. The number of rotatable bonds is 2. The van der Waals surface area contributed by atoms with Crippen molar-refractivity contribution in [1.82, 2.24) is 10.2 Å². The Kier molecular flexibility index (Phi) is 2.28. The topological polar surface area (TPSA) is 59.2 Å². The van der Waals surface area contributed by atoms with Crippen molar-refractivity contribution in [2.45, 2.75) is 13.5 Å². The highest BCUT2D eigenvalue weighted by Gasteiger charge is 2.04. The highest BCUT2D eigenvalue weighted by molar-refractivity contribution is 5.52. The lowest BCUT2D eigenvalue weighted by Crippen LogP contribution is -1.83. The van der Waals surface area contributed by atoms with Gasteiger partial charge in [-0.2, -0.15) is 0 Å². The summed E-state index contributed by atoms with van der Waals surface area (Å²) < 4.78 is 5.26. The van der Waals surface area contributed by atoms with Crippen molar-refractivity contribution in [2.24, 2.45) is 0 Å². The van der Waals surface area contributed by atoms with E-state index < -0.39 is 0 Å². The molecule has 0 radical (unpaired) electrons. The van der Waals surface area contributed by atoms with Crippen LogP contribution in [0.4, 0.5) is 0 Å². The van der Waals surface area contributed by atoms with Crippen molar-refractivity contribution in [1.29, 1.82) is 0 Å². The second-order valence-electron chi connectivity index (χ2n) is 2.98. The van der Waals surface area contributed by atoms with E-state index in [0.29, 0.717) is 11.8 Å². The number of aryl methyl sites for hydroxylation is 1. The predicted molar refractivity (Wildman–Crippen MR) is 50.4 cm³/mol. The molecule has 0 saturated carbocycles. The van der Waals surface area contributed by atoms with Gasteiger partial charge in [-0.3, -0.25) is 0 Å². The summed E-state index contributed by atoms with van der Waals surface area (Å²) >= 11 is 0. The fraction of sp³-hybridized carbons (Fsp3) is 0.200. The fourth-order valence-corrected chi connectivity index (χ4v) is 1.17. The molecule has 14 heavy (non-hydrogen) atoms. The zero-order valence-corrected chi connectivity index (χ0v) is 7.77. The molecule has 0 aliphatic carbocycles. The predicted octanol–water partition coefficient (Wildman–Crippen LogP) is 1.54. The Morgan fingerprint density at radius 3 is 2.43 bits per heavy atom. The number of aromatic nitrogens is 2. The van der Waals surface area contributed by atoms with Gasteiger partial charge in [0.15, 0.2) is 0 Å². The van der Waals surface area contributed by atoms with Crippen LogP contribution in [0.25, 0.3) is 11.5 Å². The van der Waals surface area contributed by atoms with Crippen LogP contribution in [-0.4, -0.2) is 15.3 Å². The van der Waals surface area contributed by atoms with Crippen molar-refractivity contribution >= 4 is 0 Å². The maximum Gasteiger partial charge on any atom is 0.247 e. The lowest BCUT2D eigenvalue weighted by atomic mass is 10.1. The Hall–Kier alpha value is -1.68. The van der Waals surface area contributed by atoms with Crippen LogP contribution in [0.15, 0.2) is 28.7 Å². The van der Waals surface area contributed by atoms with Gasteiger partial charge in [0.05, 0.1) is 6.61 Å². The molecule has 0 atom stereocenters. The first-order chi connectivity index (χ1) is 6.79. The molecule has 1 N–H and O–H groups in total. The molecule has 0 amide bonds. The first kappa shape index (κ1) is 8.90. The molecular weight excluding hydrogens is 180 g/mol. The number of aliphatic hydroxyl groups excluding tert-OH is 1. The second kappa shape index (κ2) is 3.59. The molecule has 0 fully saturated rings. The van der Waals surface area contributed by atoms with Crippen LogP contribution in [0.1, 0.15) is 11.5 Å². The highest BCUT2D eigenvalue weighted by Crippen LogP contribution is 2.17. The Bertz CT molecular complexity index is 420. The van der Waals surface area contributed by atoms with Gasteiger partial charge in [-0.15, -0.1) is 10.2 Å². The Labute approximate surface area is 81.2 Å². The highest BCUT2D eigenvalue weighted by atomic mass is 16.4. The maximum absolute atomic E-state index is 8.85. The summed E-state index contributed by atoms with van der Waals surface area (Å²) in [4.78, 5) is 0. The molecular formula is C10H10N2O2. The van der Waals surface area contributed by atoms with Gasteiger partial charge in [0.2, 0.25) is 11.8 Å². The van der Waals surface area contributed by atoms with Gasteiger partial charge in [-0.05, 0) is 17.7 Å². The number of hydrogen-bond acceptors (Lipinski definition) is 4. The van der Waals surface area contributed by atoms with Crippen LogP contribution in [0, 0.1) is 6.92 Å². The third-order valence-electron chi connectivity index (χ3n) is 1.91. The molecule has 2 rings (SSSR count). The lowest BCUT2D eigenvalue weighted by molar-refractivity contribution is 0.282. The molecule has 4 nitrogen and oxygen atoms in total. The summed E-state index contributed by atoms with van der Waals surface area (Å²) in [7, 11) is 0. The van der Waals surface area contributed by atoms with Gasteiger partial charge < -0.3 is 9.52 Å². The number of aliphatic hydroxyl groups is 1.